The average molecular weight is 249 g/mol. The van der Waals surface area contributed by atoms with Crippen LogP contribution in [0.2, 0.25) is 0 Å². The van der Waals surface area contributed by atoms with Crippen LogP contribution < -0.4 is 5.32 Å². The molecule has 0 radical (unpaired) electrons. The van der Waals surface area contributed by atoms with Crippen molar-refractivity contribution < 1.29 is 14.3 Å². The summed E-state index contributed by atoms with van der Waals surface area (Å²) in [4.78, 5) is 22.5. The van der Waals surface area contributed by atoms with Gasteiger partial charge in [0.25, 0.3) is 0 Å². The molecule has 0 aliphatic heterocycles. The summed E-state index contributed by atoms with van der Waals surface area (Å²) in [7, 11) is 0. The van der Waals surface area contributed by atoms with E-state index in [1.165, 1.54) is 6.92 Å². The molecule has 0 fully saturated rings. The molecule has 4 heteroatoms. The summed E-state index contributed by atoms with van der Waals surface area (Å²) in [5.74, 6) is -0.385. The lowest BCUT2D eigenvalue weighted by Crippen LogP contribution is -2.33. The lowest BCUT2D eigenvalue weighted by Gasteiger charge is -2.15. The molecule has 1 N–H and O–H groups in total. The summed E-state index contributed by atoms with van der Waals surface area (Å²) in [6, 6.07) is 8.93. The fourth-order valence-electron chi connectivity index (χ4n) is 1.62. The van der Waals surface area contributed by atoms with Crippen LogP contribution in [0.25, 0.3) is 0 Å². The van der Waals surface area contributed by atoms with Crippen molar-refractivity contribution in [2.75, 3.05) is 6.61 Å². The highest BCUT2D eigenvalue weighted by atomic mass is 16.5. The number of amides is 1. The molecule has 1 rings (SSSR count). The molecule has 0 aliphatic carbocycles. The first-order chi connectivity index (χ1) is 8.63. The molecule has 0 aromatic heterocycles. The van der Waals surface area contributed by atoms with Crippen molar-refractivity contribution in [2.45, 2.75) is 32.7 Å². The number of benzene rings is 1. The Bertz CT molecular complexity index is 389. The molecule has 4 nitrogen and oxygen atoms in total. The van der Waals surface area contributed by atoms with Crippen molar-refractivity contribution >= 4 is 11.9 Å². The number of hydrogen-bond acceptors (Lipinski definition) is 3. The summed E-state index contributed by atoms with van der Waals surface area (Å²) < 4.78 is 5.15. The molecule has 0 heterocycles. The number of rotatable bonds is 6. The summed E-state index contributed by atoms with van der Waals surface area (Å²) in [5.41, 5.74) is 0.546. The minimum atomic E-state index is -0.326. The van der Waals surface area contributed by atoms with E-state index in [-0.39, 0.29) is 17.9 Å². The molecule has 1 unspecified atom stereocenters. The van der Waals surface area contributed by atoms with Gasteiger partial charge in [0.05, 0.1) is 12.2 Å². The Kier molecular flexibility index (Phi) is 5.91. The standard InChI is InChI=1S/C14H19NO3/c1-3-13(15-11(2)16)9-10-18-14(17)12-7-5-4-6-8-12/h4-8,13H,3,9-10H2,1-2H3,(H,15,16). The molecule has 1 amide bonds. The van der Waals surface area contributed by atoms with Gasteiger partial charge in [-0.15, -0.1) is 0 Å². The molecule has 0 spiro atoms. The average Bonchev–Trinajstić information content (AvgIpc) is 2.38. The maximum absolute atomic E-state index is 11.6. The quantitative estimate of drug-likeness (QED) is 0.786. The van der Waals surface area contributed by atoms with E-state index in [4.69, 9.17) is 4.74 Å². The third kappa shape index (κ3) is 4.99. The van der Waals surface area contributed by atoms with Gasteiger partial charge in [0.15, 0.2) is 0 Å². The Hall–Kier alpha value is -1.84. The number of ether oxygens (including phenoxy) is 1. The monoisotopic (exact) mass is 249 g/mol. The normalized spacial score (nSPS) is 11.7. The lowest BCUT2D eigenvalue weighted by molar-refractivity contribution is -0.119. The van der Waals surface area contributed by atoms with Crippen LogP contribution in [0.15, 0.2) is 30.3 Å². The number of hydrogen-bond donors (Lipinski definition) is 1. The van der Waals surface area contributed by atoms with Crippen molar-refractivity contribution in [1.82, 2.24) is 5.32 Å². The van der Waals surface area contributed by atoms with Gasteiger partial charge in [-0.1, -0.05) is 25.1 Å². The SMILES string of the molecule is CCC(CCOC(=O)c1ccccc1)NC(C)=O. The van der Waals surface area contributed by atoms with Crippen LogP contribution in [0.4, 0.5) is 0 Å². The van der Waals surface area contributed by atoms with Crippen molar-refractivity contribution in [3.8, 4) is 0 Å². The van der Waals surface area contributed by atoms with E-state index in [0.717, 1.165) is 6.42 Å². The summed E-state index contributed by atoms with van der Waals surface area (Å²) in [6.45, 7) is 3.78. The molecule has 0 bridgehead atoms. The van der Waals surface area contributed by atoms with Crippen molar-refractivity contribution in [3.63, 3.8) is 0 Å². The van der Waals surface area contributed by atoms with E-state index in [1.54, 1.807) is 24.3 Å². The molecular formula is C14H19NO3. The van der Waals surface area contributed by atoms with Gasteiger partial charge in [-0.2, -0.15) is 0 Å². The van der Waals surface area contributed by atoms with Gasteiger partial charge < -0.3 is 10.1 Å². The van der Waals surface area contributed by atoms with E-state index in [2.05, 4.69) is 5.32 Å². The Morgan fingerprint density at radius 3 is 2.50 bits per heavy atom. The molecule has 0 saturated heterocycles. The maximum Gasteiger partial charge on any atom is 0.338 e. The number of esters is 1. The Labute approximate surface area is 107 Å². The van der Waals surface area contributed by atoms with E-state index < -0.39 is 0 Å². The Morgan fingerprint density at radius 2 is 1.94 bits per heavy atom. The van der Waals surface area contributed by atoms with Crippen LogP contribution in [0.3, 0.4) is 0 Å². The number of carbonyl (C=O) groups excluding carboxylic acids is 2. The van der Waals surface area contributed by atoms with Gasteiger partial charge in [0.2, 0.25) is 5.91 Å². The maximum atomic E-state index is 11.6. The van der Waals surface area contributed by atoms with Gasteiger partial charge >= 0.3 is 5.97 Å². The van der Waals surface area contributed by atoms with Crippen molar-refractivity contribution in [3.05, 3.63) is 35.9 Å². The smallest absolute Gasteiger partial charge is 0.338 e. The predicted molar refractivity (Wildman–Crippen MR) is 69.2 cm³/mol. The van der Waals surface area contributed by atoms with Gasteiger partial charge in [0, 0.05) is 19.4 Å². The van der Waals surface area contributed by atoms with Crippen LogP contribution in [-0.4, -0.2) is 24.5 Å². The molecule has 18 heavy (non-hydrogen) atoms. The van der Waals surface area contributed by atoms with E-state index in [0.29, 0.717) is 18.6 Å². The second kappa shape index (κ2) is 7.48. The second-order valence-electron chi connectivity index (χ2n) is 4.10. The highest BCUT2D eigenvalue weighted by Crippen LogP contribution is 2.03. The van der Waals surface area contributed by atoms with Gasteiger partial charge in [0.1, 0.15) is 0 Å². The Balaban J connectivity index is 2.33. The van der Waals surface area contributed by atoms with E-state index >= 15 is 0 Å². The van der Waals surface area contributed by atoms with Gasteiger partial charge in [-0.3, -0.25) is 4.79 Å². The highest BCUT2D eigenvalue weighted by molar-refractivity contribution is 5.89. The molecule has 1 aromatic carbocycles. The summed E-state index contributed by atoms with van der Waals surface area (Å²) in [5, 5.41) is 2.81. The summed E-state index contributed by atoms with van der Waals surface area (Å²) in [6.07, 6.45) is 1.46. The van der Waals surface area contributed by atoms with Crippen LogP contribution in [0.5, 0.6) is 0 Å². The first kappa shape index (κ1) is 14.2. The summed E-state index contributed by atoms with van der Waals surface area (Å²) >= 11 is 0. The predicted octanol–water partition coefficient (Wildman–Crippen LogP) is 2.15. The molecule has 98 valence electrons. The van der Waals surface area contributed by atoms with Crippen LogP contribution in [0.1, 0.15) is 37.0 Å². The van der Waals surface area contributed by atoms with Crippen LogP contribution in [-0.2, 0) is 9.53 Å². The lowest BCUT2D eigenvalue weighted by atomic mass is 10.1. The van der Waals surface area contributed by atoms with Crippen molar-refractivity contribution in [2.24, 2.45) is 0 Å². The second-order valence-corrected chi connectivity index (χ2v) is 4.10. The first-order valence-electron chi connectivity index (χ1n) is 6.12. The third-order valence-corrected chi connectivity index (χ3v) is 2.61. The topological polar surface area (TPSA) is 55.4 Å². The molecular weight excluding hydrogens is 230 g/mol. The molecule has 0 aliphatic rings. The zero-order valence-corrected chi connectivity index (χ0v) is 10.8. The van der Waals surface area contributed by atoms with Gasteiger partial charge in [-0.25, -0.2) is 4.79 Å². The molecule has 0 saturated carbocycles. The number of carbonyl (C=O) groups is 2. The molecule has 1 aromatic rings. The van der Waals surface area contributed by atoms with Crippen LogP contribution in [0, 0.1) is 0 Å². The fraction of sp³-hybridized carbons (Fsp3) is 0.429. The van der Waals surface area contributed by atoms with Crippen LogP contribution >= 0.6 is 0 Å². The minimum Gasteiger partial charge on any atom is -0.462 e. The third-order valence-electron chi connectivity index (χ3n) is 2.61. The van der Waals surface area contributed by atoms with Gasteiger partial charge in [-0.05, 0) is 18.6 Å². The van der Waals surface area contributed by atoms with E-state index in [1.807, 2.05) is 13.0 Å². The number of nitrogens with one attached hydrogen (secondary N) is 1. The zero-order valence-electron chi connectivity index (χ0n) is 10.8. The Morgan fingerprint density at radius 1 is 1.28 bits per heavy atom. The fourth-order valence-corrected chi connectivity index (χ4v) is 1.62. The zero-order chi connectivity index (χ0) is 13.4. The minimum absolute atomic E-state index is 0.0590. The van der Waals surface area contributed by atoms with Crippen molar-refractivity contribution in [1.29, 1.82) is 0 Å². The molecule has 1 atom stereocenters. The van der Waals surface area contributed by atoms with E-state index in [9.17, 15) is 9.59 Å². The highest BCUT2D eigenvalue weighted by Gasteiger charge is 2.10. The largest absolute Gasteiger partial charge is 0.462 e. The first-order valence-corrected chi connectivity index (χ1v) is 6.12.